The van der Waals surface area contributed by atoms with Crippen LogP contribution in [-0.4, -0.2) is 29.7 Å². The number of fused-ring (bicyclic) bond motifs is 1. The fourth-order valence-corrected chi connectivity index (χ4v) is 4.62. The summed E-state index contributed by atoms with van der Waals surface area (Å²) >= 11 is 0. The van der Waals surface area contributed by atoms with Crippen molar-refractivity contribution in [2.75, 3.05) is 0 Å². The van der Waals surface area contributed by atoms with Gasteiger partial charge in [-0.05, 0) is 49.8 Å². The van der Waals surface area contributed by atoms with Crippen molar-refractivity contribution < 1.29 is 18.3 Å². The van der Waals surface area contributed by atoms with Crippen molar-refractivity contribution in [2.24, 2.45) is 0 Å². The second-order valence-corrected chi connectivity index (χ2v) is 7.62. The molecule has 3 rings (SSSR count). The Labute approximate surface area is 140 Å². The predicted molar refractivity (Wildman–Crippen MR) is 91.0 cm³/mol. The molecule has 6 heteroatoms. The van der Waals surface area contributed by atoms with Gasteiger partial charge in [-0.1, -0.05) is 24.3 Å². The minimum atomic E-state index is -3.80. The molecule has 2 aromatic carbocycles. The number of benzene rings is 2. The van der Waals surface area contributed by atoms with E-state index in [9.17, 15) is 18.3 Å². The van der Waals surface area contributed by atoms with E-state index in [4.69, 9.17) is 0 Å². The molecule has 0 fully saturated rings. The van der Waals surface area contributed by atoms with E-state index in [1.54, 1.807) is 38.1 Å². The van der Waals surface area contributed by atoms with Crippen LogP contribution in [0.5, 0.6) is 5.75 Å². The molecule has 24 heavy (non-hydrogen) atoms. The summed E-state index contributed by atoms with van der Waals surface area (Å²) in [7, 11) is -3.80. The Balaban J connectivity index is 2.24. The number of carbonyl (C=O) groups is 1. The lowest BCUT2D eigenvalue weighted by molar-refractivity contribution is 0.0996. The molecule has 1 aliphatic rings. The molecule has 1 N–H and O–H groups in total. The Kier molecular flexibility index (Phi) is 3.93. The summed E-state index contributed by atoms with van der Waals surface area (Å²) in [5.74, 6) is -0.229. The largest absolute Gasteiger partial charge is 0.508 e. The summed E-state index contributed by atoms with van der Waals surface area (Å²) in [5.41, 5.74) is 0.921. The second kappa shape index (κ2) is 5.79. The number of phenolic OH excluding ortho intramolecular Hbond substituents is 1. The Morgan fingerprint density at radius 1 is 1.04 bits per heavy atom. The molecule has 0 saturated carbocycles. The van der Waals surface area contributed by atoms with Crippen molar-refractivity contribution in [3.63, 3.8) is 0 Å². The summed E-state index contributed by atoms with van der Waals surface area (Å²) < 4.78 is 27.0. The fourth-order valence-electron chi connectivity index (χ4n) is 2.77. The summed E-state index contributed by atoms with van der Waals surface area (Å²) in [6.45, 7) is 3.45. The number of sulfonamides is 1. The van der Waals surface area contributed by atoms with Gasteiger partial charge in [0, 0.05) is 11.6 Å². The monoisotopic (exact) mass is 343 g/mol. The van der Waals surface area contributed by atoms with Gasteiger partial charge in [0.2, 0.25) is 5.78 Å². The lowest BCUT2D eigenvalue weighted by Crippen LogP contribution is -2.43. The normalized spacial score (nSPS) is 18.0. The standard InChI is InChI=1S/C18H17NO4S/c1-12(2)19-16(11-13-7-9-14(20)10-8-13)18(21)15-5-3-4-6-17(15)24(19,22)23/h3-12,20H,1-2H3. The first-order valence-electron chi connectivity index (χ1n) is 7.51. The quantitative estimate of drug-likeness (QED) is 0.851. The third kappa shape index (κ3) is 2.59. The van der Waals surface area contributed by atoms with Gasteiger partial charge in [-0.15, -0.1) is 0 Å². The van der Waals surface area contributed by atoms with Gasteiger partial charge < -0.3 is 5.11 Å². The summed E-state index contributed by atoms with van der Waals surface area (Å²) in [5, 5.41) is 9.37. The first-order valence-corrected chi connectivity index (χ1v) is 8.95. The highest BCUT2D eigenvalue weighted by Crippen LogP contribution is 2.34. The van der Waals surface area contributed by atoms with E-state index in [1.807, 2.05) is 0 Å². The van der Waals surface area contributed by atoms with Crippen LogP contribution in [0.15, 0.2) is 59.1 Å². The number of ketones is 1. The van der Waals surface area contributed by atoms with Crippen molar-refractivity contribution in [1.82, 2.24) is 4.31 Å². The van der Waals surface area contributed by atoms with Gasteiger partial charge in [0.1, 0.15) is 11.4 Å². The molecule has 0 bridgehead atoms. The molecule has 0 saturated heterocycles. The topological polar surface area (TPSA) is 74.7 Å². The minimum Gasteiger partial charge on any atom is -0.508 e. The molecule has 0 atom stereocenters. The SMILES string of the molecule is CC(C)N1C(=Cc2ccc(O)cc2)C(=O)c2ccccc2S1(=O)=O. The molecular weight excluding hydrogens is 326 g/mol. The molecule has 2 aromatic rings. The van der Waals surface area contributed by atoms with E-state index in [0.717, 1.165) is 4.31 Å². The van der Waals surface area contributed by atoms with Crippen LogP contribution < -0.4 is 0 Å². The van der Waals surface area contributed by atoms with E-state index in [-0.39, 0.29) is 27.7 Å². The minimum absolute atomic E-state index is 0.0338. The van der Waals surface area contributed by atoms with Crippen molar-refractivity contribution in [3.8, 4) is 5.75 Å². The van der Waals surface area contributed by atoms with Crippen LogP contribution in [0.25, 0.3) is 6.08 Å². The number of hydrogen-bond donors (Lipinski definition) is 1. The van der Waals surface area contributed by atoms with Gasteiger partial charge in [0.05, 0.1) is 4.90 Å². The summed E-state index contributed by atoms with van der Waals surface area (Å²) in [6.07, 6.45) is 1.54. The highest BCUT2D eigenvalue weighted by molar-refractivity contribution is 7.89. The molecule has 0 radical (unpaired) electrons. The van der Waals surface area contributed by atoms with Crippen molar-refractivity contribution in [3.05, 3.63) is 65.4 Å². The number of allylic oxidation sites excluding steroid dienone is 1. The van der Waals surface area contributed by atoms with E-state index < -0.39 is 16.1 Å². The molecule has 0 spiro atoms. The Bertz CT molecular complexity index is 928. The first-order chi connectivity index (χ1) is 11.3. The molecular formula is C18H17NO4S. The molecule has 1 aliphatic heterocycles. The average molecular weight is 343 g/mol. The lowest BCUT2D eigenvalue weighted by atomic mass is 10.0. The first kappa shape index (κ1) is 16.3. The van der Waals surface area contributed by atoms with Crippen LogP contribution in [0, 0.1) is 0 Å². The average Bonchev–Trinajstić information content (AvgIpc) is 2.54. The number of phenols is 1. The maximum atomic E-state index is 12.9. The molecule has 124 valence electrons. The zero-order valence-electron chi connectivity index (χ0n) is 13.3. The molecule has 0 aromatic heterocycles. The van der Waals surface area contributed by atoms with Crippen molar-refractivity contribution in [1.29, 1.82) is 0 Å². The maximum Gasteiger partial charge on any atom is 0.265 e. The second-order valence-electron chi connectivity index (χ2n) is 5.84. The Morgan fingerprint density at radius 2 is 1.67 bits per heavy atom. The van der Waals surface area contributed by atoms with Crippen LogP contribution in [0.3, 0.4) is 0 Å². The van der Waals surface area contributed by atoms with Gasteiger partial charge in [-0.3, -0.25) is 9.10 Å². The van der Waals surface area contributed by atoms with E-state index in [2.05, 4.69) is 0 Å². The number of carbonyl (C=O) groups excluding carboxylic acids is 1. The molecule has 0 aliphatic carbocycles. The smallest absolute Gasteiger partial charge is 0.265 e. The number of nitrogens with zero attached hydrogens (tertiary/aromatic N) is 1. The number of hydrogen-bond acceptors (Lipinski definition) is 4. The number of rotatable bonds is 2. The van der Waals surface area contributed by atoms with E-state index >= 15 is 0 Å². The Morgan fingerprint density at radius 3 is 2.29 bits per heavy atom. The summed E-state index contributed by atoms with van der Waals surface area (Å²) in [4.78, 5) is 12.9. The van der Waals surface area contributed by atoms with Gasteiger partial charge in [-0.2, -0.15) is 0 Å². The van der Waals surface area contributed by atoms with Crippen LogP contribution in [0.4, 0.5) is 0 Å². The number of Topliss-reactive ketones (excluding diaryl/α,β-unsaturated/α-hetero) is 1. The van der Waals surface area contributed by atoms with E-state index in [0.29, 0.717) is 5.56 Å². The third-order valence-electron chi connectivity index (χ3n) is 3.80. The molecule has 0 unspecified atom stereocenters. The van der Waals surface area contributed by atoms with Crippen LogP contribution in [0.2, 0.25) is 0 Å². The van der Waals surface area contributed by atoms with Gasteiger partial charge >= 0.3 is 0 Å². The van der Waals surface area contributed by atoms with Crippen LogP contribution >= 0.6 is 0 Å². The molecule has 5 nitrogen and oxygen atoms in total. The van der Waals surface area contributed by atoms with Crippen molar-refractivity contribution >= 4 is 21.9 Å². The molecule has 0 amide bonds. The van der Waals surface area contributed by atoms with Crippen molar-refractivity contribution in [2.45, 2.75) is 24.8 Å². The van der Waals surface area contributed by atoms with Gasteiger partial charge in [0.25, 0.3) is 10.0 Å². The number of aromatic hydroxyl groups is 1. The van der Waals surface area contributed by atoms with Gasteiger partial charge in [0.15, 0.2) is 0 Å². The summed E-state index contributed by atoms with van der Waals surface area (Å²) in [6, 6.07) is 12.1. The Hall–Kier alpha value is -2.60. The lowest BCUT2D eigenvalue weighted by Gasteiger charge is -2.34. The fraction of sp³-hybridized carbons (Fsp3) is 0.167. The molecule has 1 heterocycles. The maximum absolute atomic E-state index is 12.9. The van der Waals surface area contributed by atoms with E-state index in [1.165, 1.54) is 30.3 Å². The van der Waals surface area contributed by atoms with Crippen LogP contribution in [0.1, 0.15) is 29.8 Å². The zero-order valence-corrected chi connectivity index (χ0v) is 14.1. The highest BCUT2D eigenvalue weighted by Gasteiger charge is 2.40. The van der Waals surface area contributed by atoms with Gasteiger partial charge in [-0.25, -0.2) is 8.42 Å². The highest BCUT2D eigenvalue weighted by atomic mass is 32.2. The predicted octanol–water partition coefficient (Wildman–Crippen LogP) is 3.03. The third-order valence-corrected chi connectivity index (χ3v) is 5.85. The van der Waals surface area contributed by atoms with Crippen LogP contribution in [-0.2, 0) is 10.0 Å². The zero-order chi connectivity index (χ0) is 17.5.